The van der Waals surface area contributed by atoms with E-state index in [1.807, 2.05) is 38.1 Å². The predicted molar refractivity (Wildman–Crippen MR) is 75.7 cm³/mol. The molecular formula is C12H17BrN2O2S. The molecule has 0 amide bonds. The van der Waals surface area contributed by atoms with Crippen LogP contribution in [0.25, 0.3) is 0 Å². The minimum Gasteiger partial charge on any atom is -0.201 e. The number of benzene rings is 1. The molecule has 1 N–H and O–H groups in total. The van der Waals surface area contributed by atoms with Crippen molar-refractivity contribution in [3.63, 3.8) is 0 Å². The Labute approximate surface area is 117 Å². The molecule has 0 atom stereocenters. The molecule has 0 aromatic heterocycles. The van der Waals surface area contributed by atoms with Gasteiger partial charge in [0.1, 0.15) is 0 Å². The van der Waals surface area contributed by atoms with Crippen LogP contribution in [-0.2, 0) is 15.6 Å². The Kier molecular flexibility index (Phi) is 3.82. The van der Waals surface area contributed by atoms with Crippen LogP contribution in [0.3, 0.4) is 0 Å². The lowest BCUT2D eigenvalue weighted by molar-refractivity contribution is 0.488. The van der Waals surface area contributed by atoms with Crippen LogP contribution in [0, 0.1) is 0 Å². The maximum Gasteiger partial charge on any atom is 0.279 e. The summed E-state index contributed by atoms with van der Waals surface area (Å²) in [6, 6.07) is 7.96. The van der Waals surface area contributed by atoms with Crippen molar-refractivity contribution in [3.05, 3.63) is 34.3 Å². The lowest BCUT2D eigenvalue weighted by Gasteiger charge is -2.25. The Morgan fingerprint density at radius 3 is 2.33 bits per heavy atom. The fourth-order valence-corrected chi connectivity index (χ4v) is 3.20. The van der Waals surface area contributed by atoms with Gasteiger partial charge in [0.15, 0.2) is 0 Å². The zero-order chi connectivity index (χ0) is 13.4. The van der Waals surface area contributed by atoms with Crippen LogP contribution in [0.1, 0.15) is 19.4 Å². The highest BCUT2D eigenvalue weighted by Crippen LogP contribution is 2.24. The number of rotatable bonds is 5. The monoisotopic (exact) mass is 332 g/mol. The molecule has 1 aliphatic rings. The molecule has 1 aromatic rings. The van der Waals surface area contributed by atoms with Crippen molar-refractivity contribution < 1.29 is 8.42 Å². The Hall–Kier alpha value is -0.430. The fourth-order valence-electron chi connectivity index (χ4n) is 1.65. The van der Waals surface area contributed by atoms with Gasteiger partial charge in [-0.2, -0.15) is 12.7 Å². The van der Waals surface area contributed by atoms with Crippen molar-refractivity contribution in [3.8, 4) is 0 Å². The average Bonchev–Trinajstić information content (AvgIpc) is 3.11. The molecule has 1 saturated heterocycles. The van der Waals surface area contributed by atoms with E-state index in [2.05, 4.69) is 20.7 Å². The second-order valence-electron chi connectivity index (χ2n) is 5.12. The molecule has 1 heterocycles. The van der Waals surface area contributed by atoms with Crippen LogP contribution in [-0.4, -0.2) is 32.4 Å². The first-order valence-electron chi connectivity index (χ1n) is 5.82. The third-order valence-electron chi connectivity index (χ3n) is 3.07. The molecule has 6 heteroatoms. The lowest BCUT2D eigenvalue weighted by atomic mass is 9.85. The van der Waals surface area contributed by atoms with E-state index in [0.29, 0.717) is 19.6 Å². The molecule has 0 unspecified atom stereocenters. The van der Waals surface area contributed by atoms with Gasteiger partial charge in [0.25, 0.3) is 10.2 Å². The highest BCUT2D eigenvalue weighted by Gasteiger charge is 2.33. The second kappa shape index (κ2) is 4.92. The number of nitrogens with zero attached hydrogens (tertiary/aromatic N) is 1. The van der Waals surface area contributed by atoms with Crippen LogP contribution < -0.4 is 4.72 Å². The van der Waals surface area contributed by atoms with Crippen molar-refractivity contribution in [2.75, 3.05) is 19.6 Å². The predicted octanol–water partition coefficient (Wildman–Crippen LogP) is 1.88. The Morgan fingerprint density at radius 2 is 1.83 bits per heavy atom. The van der Waals surface area contributed by atoms with Gasteiger partial charge in [0.05, 0.1) is 0 Å². The van der Waals surface area contributed by atoms with Crippen molar-refractivity contribution >= 4 is 26.1 Å². The molecule has 1 fully saturated rings. The van der Waals surface area contributed by atoms with Gasteiger partial charge in [-0.15, -0.1) is 0 Å². The van der Waals surface area contributed by atoms with Gasteiger partial charge in [-0.1, -0.05) is 41.9 Å². The van der Waals surface area contributed by atoms with E-state index in [9.17, 15) is 8.42 Å². The number of nitrogens with one attached hydrogen (secondary N) is 1. The van der Waals surface area contributed by atoms with E-state index in [1.165, 1.54) is 4.31 Å². The van der Waals surface area contributed by atoms with Gasteiger partial charge >= 0.3 is 0 Å². The van der Waals surface area contributed by atoms with E-state index in [-0.39, 0.29) is 5.41 Å². The quantitative estimate of drug-likeness (QED) is 0.837. The Morgan fingerprint density at radius 1 is 1.28 bits per heavy atom. The summed E-state index contributed by atoms with van der Waals surface area (Å²) in [5.41, 5.74) is 0.878. The number of hydrogen-bond acceptors (Lipinski definition) is 2. The highest BCUT2D eigenvalue weighted by molar-refractivity contribution is 9.10. The first-order valence-corrected chi connectivity index (χ1v) is 8.05. The number of hydrogen-bond donors (Lipinski definition) is 1. The maximum absolute atomic E-state index is 11.7. The summed E-state index contributed by atoms with van der Waals surface area (Å²) >= 11 is 3.39. The topological polar surface area (TPSA) is 49.2 Å². The summed E-state index contributed by atoms with van der Waals surface area (Å²) in [7, 11) is -3.26. The molecule has 0 spiro atoms. The van der Waals surface area contributed by atoms with Gasteiger partial charge in [0, 0.05) is 29.5 Å². The smallest absolute Gasteiger partial charge is 0.201 e. The molecule has 4 nitrogen and oxygen atoms in total. The van der Waals surface area contributed by atoms with Crippen LogP contribution in [0.5, 0.6) is 0 Å². The first kappa shape index (κ1) is 14.0. The number of halogens is 1. The molecule has 18 heavy (non-hydrogen) atoms. The van der Waals surface area contributed by atoms with Crippen LogP contribution in [0.4, 0.5) is 0 Å². The van der Waals surface area contributed by atoms with Gasteiger partial charge in [-0.25, -0.2) is 4.72 Å². The van der Waals surface area contributed by atoms with Crippen molar-refractivity contribution in [1.82, 2.24) is 9.03 Å². The van der Waals surface area contributed by atoms with E-state index >= 15 is 0 Å². The van der Waals surface area contributed by atoms with Gasteiger partial charge in [0.2, 0.25) is 0 Å². The largest absolute Gasteiger partial charge is 0.279 e. The molecule has 1 aliphatic heterocycles. The minimum absolute atomic E-state index is 0.232. The molecule has 1 aromatic carbocycles. The molecule has 0 aliphatic carbocycles. The van der Waals surface area contributed by atoms with Crippen molar-refractivity contribution in [1.29, 1.82) is 0 Å². The minimum atomic E-state index is -3.26. The van der Waals surface area contributed by atoms with E-state index in [4.69, 9.17) is 0 Å². The standard InChI is InChI=1S/C12H17BrN2O2S/c1-12(2,10-3-5-11(13)6-4-10)9-14-18(16,17)15-7-8-15/h3-6,14H,7-9H2,1-2H3. The summed E-state index contributed by atoms with van der Waals surface area (Å²) in [5.74, 6) is 0. The van der Waals surface area contributed by atoms with Gasteiger partial charge in [-0.05, 0) is 17.7 Å². The summed E-state index contributed by atoms with van der Waals surface area (Å²) in [6.45, 7) is 5.72. The maximum atomic E-state index is 11.7. The van der Waals surface area contributed by atoms with Crippen molar-refractivity contribution in [2.45, 2.75) is 19.3 Å². The molecule has 0 radical (unpaired) electrons. The van der Waals surface area contributed by atoms with Crippen LogP contribution >= 0.6 is 15.9 Å². The van der Waals surface area contributed by atoms with E-state index in [0.717, 1.165) is 10.0 Å². The van der Waals surface area contributed by atoms with Crippen LogP contribution in [0.15, 0.2) is 28.7 Å². The highest BCUT2D eigenvalue weighted by atomic mass is 79.9. The molecule has 0 saturated carbocycles. The summed E-state index contributed by atoms with van der Waals surface area (Å²) in [6.07, 6.45) is 0. The zero-order valence-corrected chi connectivity index (χ0v) is 12.9. The van der Waals surface area contributed by atoms with E-state index < -0.39 is 10.2 Å². The second-order valence-corrected chi connectivity index (χ2v) is 7.79. The third kappa shape index (κ3) is 3.32. The third-order valence-corrected chi connectivity index (χ3v) is 5.15. The zero-order valence-electron chi connectivity index (χ0n) is 10.5. The molecule has 2 rings (SSSR count). The first-order chi connectivity index (χ1) is 8.31. The SMILES string of the molecule is CC(C)(CNS(=O)(=O)N1CC1)c1ccc(Br)cc1. The molecular weight excluding hydrogens is 316 g/mol. The van der Waals surface area contributed by atoms with Crippen molar-refractivity contribution in [2.24, 2.45) is 0 Å². The fraction of sp³-hybridized carbons (Fsp3) is 0.500. The summed E-state index contributed by atoms with van der Waals surface area (Å²) in [4.78, 5) is 0. The lowest BCUT2D eigenvalue weighted by Crippen LogP contribution is -2.39. The van der Waals surface area contributed by atoms with Gasteiger partial charge < -0.3 is 0 Å². The molecule has 0 bridgehead atoms. The Bertz CT molecular complexity index is 522. The summed E-state index contributed by atoms with van der Waals surface area (Å²) in [5, 5.41) is 0. The van der Waals surface area contributed by atoms with E-state index in [1.54, 1.807) is 0 Å². The van der Waals surface area contributed by atoms with Gasteiger partial charge in [-0.3, -0.25) is 0 Å². The normalized spacial score (nSPS) is 16.8. The van der Waals surface area contributed by atoms with Crippen LogP contribution in [0.2, 0.25) is 0 Å². The molecule has 100 valence electrons. The average molecular weight is 333 g/mol. The summed E-state index contributed by atoms with van der Waals surface area (Å²) < 4.78 is 28.6. The Balaban J connectivity index is 2.05.